The summed E-state index contributed by atoms with van der Waals surface area (Å²) in [7, 11) is 1.49. The molecule has 5 nitrogen and oxygen atoms in total. The van der Waals surface area contributed by atoms with E-state index < -0.39 is 0 Å². The minimum Gasteiger partial charge on any atom is -0.495 e. The molecule has 0 fully saturated rings. The first-order valence-electron chi connectivity index (χ1n) is 8.04. The van der Waals surface area contributed by atoms with Gasteiger partial charge in [0.15, 0.2) is 0 Å². The highest BCUT2D eigenvalue weighted by Crippen LogP contribution is 2.31. The number of hydrogen-bond acceptors (Lipinski definition) is 3. The van der Waals surface area contributed by atoms with Gasteiger partial charge in [0.2, 0.25) is 11.8 Å². The number of carbonyl (C=O) groups is 2. The highest BCUT2D eigenvalue weighted by atomic mass is 35.5. The van der Waals surface area contributed by atoms with Crippen molar-refractivity contribution in [3.05, 3.63) is 58.9 Å². The van der Waals surface area contributed by atoms with Gasteiger partial charge in [-0.15, -0.1) is 0 Å². The molecule has 2 aromatic carbocycles. The minimum atomic E-state index is -0.373. The summed E-state index contributed by atoms with van der Waals surface area (Å²) in [5.41, 5.74) is 0.898. The zero-order valence-corrected chi connectivity index (χ0v) is 15.3. The summed E-state index contributed by atoms with van der Waals surface area (Å²) in [6.07, 6.45) is 0.0592. The van der Waals surface area contributed by atoms with Crippen LogP contribution in [0.25, 0.3) is 0 Å². The molecule has 2 aromatic rings. The number of nitrogens with zero attached hydrogens (tertiary/aromatic N) is 1. The first-order chi connectivity index (χ1) is 12.4. The van der Waals surface area contributed by atoms with E-state index in [2.05, 4.69) is 5.32 Å². The third kappa shape index (κ3) is 5.20. The molecular weight excluding hydrogens is 359 g/mol. The molecule has 0 aliphatic rings. The molecule has 0 saturated heterocycles. The van der Waals surface area contributed by atoms with Crippen molar-refractivity contribution in [1.29, 1.82) is 0 Å². The Kier molecular flexibility index (Phi) is 6.97. The molecule has 2 amide bonds. The van der Waals surface area contributed by atoms with Crippen molar-refractivity contribution in [3.8, 4) is 5.75 Å². The molecule has 0 aliphatic carbocycles. The van der Waals surface area contributed by atoms with Crippen molar-refractivity contribution in [2.45, 2.75) is 19.9 Å². The van der Waals surface area contributed by atoms with Gasteiger partial charge in [-0.2, -0.15) is 0 Å². The first kappa shape index (κ1) is 19.7. The summed E-state index contributed by atoms with van der Waals surface area (Å²) in [6, 6.07) is 11.2. The number of ether oxygens (including phenoxy) is 1. The minimum absolute atomic E-state index is 0.0592. The van der Waals surface area contributed by atoms with E-state index in [4.69, 9.17) is 16.3 Å². The summed E-state index contributed by atoms with van der Waals surface area (Å²) >= 11 is 6.01. The number of carbonyl (C=O) groups excluding carboxylic acids is 2. The molecule has 0 bridgehead atoms. The average molecular weight is 379 g/mol. The topological polar surface area (TPSA) is 58.6 Å². The second kappa shape index (κ2) is 9.20. The number of hydrogen-bond donors (Lipinski definition) is 1. The lowest BCUT2D eigenvalue weighted by atomic mass is 10.2. The smallest absolute Gasteiger partial charge is 0.223 e. The Morgan fingerprint density at radius 2 is 1.96 bits per heavy atom. The maximum atomic E-state index is 13.6. The predicted octanol–water partition coefficient (Wildman–Crippen LogP) is 3.55. The normalized spacial score (nSPS) is 10.3. The third-order valence-electron chi connectivity index (χ3n) is 3.81. The number of nitrogens with one attached hydrogen (secondary N) is 1. The largest absolute Gasteiger partial charge is 0.495 e. The van der Waals surface area contributed by atoms with Gasteiger partial charge >= 0.3 is 0 Å². The Bertz CT molecular complexity index is 798. The molecule has 0 atom stereocenters. The van der Waals surface area contributed by atoms with Crippen LogP contribution in [0.1, 0.15) is 18.9 Å². The monoisotopic (exact) mass is 378 g/mol. The Labute approximate surface area is 156 Å². The van der Waals surface area contributed by atoms with Gasteiger partial charge < -0.3 is 15.0 Å². The van der Waals surface area contributed by atoms with E-state index in [0.717, 1.165) is 0 Å². The first-order valence-corrected chi connectivity index (χ1v) is 8.42. The van der Waals surface area contributed by atoms with E-state index in [9.17, 15) is 14.0 Å². The van der Waals surface area contributed by atoms with Crippen LogP contribution in [0.4, 0.5) is 10.1 Å². The Morgan fingerprint density at radius 3 is 2.62 bits per heavy atom. The third-order valence-corrected chi connectivity index (χ3v) is 4.04. The van der Waals surface area contributed by atoms with E-state index in [1.807, 2.05) is 0 Å². The predicted molar refractivity (Wildman–Crippen MR) is 98.9 cm³/mol. The van der Waals surface area contributed by atoms with Gasteiger partial charge in [-0.3, -0.25) is 9.59 Å². The second-order valence-corrected chi connectivity index (χ2v) is 6.04. The summed E-state index contributed by atoms with van der Waals surface area (Å²) < 4.78 is 18.8. The van der Waals surface area contributed by atoms with Gasteiger partial charge in [-0.05, 0) is 24.3 Å². The molecule has 0 radical (unpaired) electrons. The number of anilines is 1. The zero-order chi connectivity index (χ0) is 19.1. The second-order valence-electron chi connectivity index (χ2n) is 5.60. The van der Waals surface area contributed by atoms with Gasteiger partial charge in [0.1, 0.15) is 11.6 Å². The van der Waals surface area contributed by atoms with Crippen LogP contribution in [0, 0.1) is 5.82 Å². The molecule has 7 heteroatoms. The van der Waals surface area contributed by atoms with Crippen molar-refractivity contribution in [3.63, 3.8) is 0 Å². The average Bonchev–Trinajstić information content (AvgIpc) is 2.61. The molecule has 0 heterocycles. The van der Waals surface area contributed by atoms with E-state index in [0.29, 0.717) is 22.0 Å². The fourth-order valence-electron chi connectivity index (χ4n) is 2.46. The van der Waals surface area contributed by atoms with Gasteiger partial charge in [0.25, 0.3) is 0 Å². The lowest BCUT2D eigenvalue weighted by Crippen LogP contribution is -2.34. The van der Waals surface area contributed by atoms with Crippen molar-refractivity contribution in [2.24, 2.45) is 0 Å². The van der Waals surface area contributed by atoms with Gasteiger partial charge in [-0.25, -0.2) is 4.39 Å². The molecular formula is C19H20ClFN2O3. The molecule has 26 heavy (non-hydrogen) atoms. The van der Waals surface area contributed by atoms with Crippen LogP contribution in [-0.2, 0) is 16.1 Å². The zero-order valence-electron chi connectivity index (χ0n) is 14.6. The van der Waals surface area contributed by atoms with E-state index in [1.54, 1.807) is 36.4 Å². The van der Waals surface area contributed by atoms with Gasteiger partial charge in [0.05, 0.1) is 12.8 Å². The highest BCUT2D eigenvalue weighted by molar-refractivity contribution is 6.31. The van der Waals surface area contributed by atoms with Crippen LogP contribution < -0.4 is 15.0 Å². The van der Waals surface area contributed by atoms with E-state index in [1.165, 1.54) is 25.0 Å². The standard InChI is InChI=1S/C19H20ClFN2O3/c1-13(24)23(17-11-15(20)7-8-18(17)26-2)10-9-19(25)22-12-14-5-3-4-6-16(14)21/h3-8,11H,9-10,12H2,1-2H3,(H,22,25). The lowest BCUT2D eigenvalue weighted by Gasteiger charge is -2.23. The summed E-state index contributed by atoms with van der Waals surface area (Å²) in [5.74, 6) is -0.425. The highest BCUT2D eigenvalue weighted by Gasteiger charge is 2.18. The fourth-order valence-corrected chi connectivity index (χ4v) is 2.63. The van der Waals surface area contributed by atoms with Crippen LogP contribution in [0.5, 0.6) is 5.75 Å². The maximum Gasteiger partial charge on any atom is 0.223 e. The Balaban J connectivity index is 2.00. The van der Waals surface area contributed by atoms with Crippen LogP contribution in [-0.4, -0.2) is 25.5 Å². The van der Waals surface area contributed by atoms with Crippen molar-refractivity contribution < 1.29 is 18.7 Å². The Hall–Kier alpha value is -2.60. The fraction of sp³-hybridized carbons (Fsp3) is 0.263. The van der Waals surface area contributed by atoms with Crippen molar-refractivity contribution in [1.82, 2.24) is 5.32 Å². The van der Waals surface area contributed by atoms with Crippen LogP contribution in [0.3, 0.4) is 0 Å². The molecule has 2 rings (SSSR count). The molecule has 1 N–H and O–H groups in total. The van der Waals surface area contributed by atoms with Gasteiger partial charge in [-0.1, -0.05) is 29.8 Å². The van der Waals surface area contributed by atoms with Crippen LogP contribution in [0.2, 0.25) is 5.02 Å². The van der Waals surface area contributed by atoms with E-state index in [-0.39, 0.29) is 37.1 Å². The maximum absolute atomic E-state index is 13.6. The van der Waals surface area contributed by atoms with Crippen LogP contribution in [0.15, 0.2) is 42.5 Å². The number of halogens is 2. The number of rotatable bonds is 7. The van der Waals surface area contributed by atoms with Crippen LogP contribution >= 0.6 is 11.6 Å². The molecule has 138 valence electrons. The van der Waals surface area contributed by atoms with Crippen molar-refractivity contribution in [2.75, 3.05) is 18.6 Å². The van der Waals surface area contributed by atoms with Crippen molar-refractivity contribution >= 4 is 29.1 Å². The Morgan fingerprint density at radius 1 is 1.23 bits per heavy atom. The molecule has 0 aromatic heterocycles. The quantitative estimate of drug-likeness (QED) is 0.801. The summed E-state index contributed by atoms with van der Waals surface area (Å²) in [6.45, 7) is 1.64. The van der Waals surface area contributed by atoms with Gasteiger partial charge in [0, 0.05) is 37.0 Å². The number of benzene rings is 2. The van der Waals surface area contributed by atoms with E-state index >= 15 is 0 Å². The molecule has 0 saturated carbocycles. The lowest BCUT2D eigenvalue weighted by molar-refractivity contribution is -0.121. The summed E-state index contributed by atoms with van der Waals surface area (Å²) in [5, 5.41) is 3.11. The molecule has 0 aliphatic heterocycles. The molecule has 0 spiro atoms. The number of amides is 2. The number of methoxy groups -OCH3 is 1. The SMILES string of the molecule is COc1ccc(Cl)cc1N(CCC(=O)NCc1ccccc1F)C(C)=O. The summed E-state index contributed by atoms with van der Waals surface area (Å²) in [4.78, 5) is 25.5. The molecule has 0 unspecified atom stereocenters.